The highest BCUT2D eigenvalue weighted by molar-refractivity contribution is 7.16. The van der Waals surface area contributed by atoms with Crippen molar-refractivity contribution in [2.24, 2.45) is 4.99 Å². The van der Waals surface area contributed by atoms with Gasteiger partial charge in [0.1, 0.15) is 0 Å². The quantitative estimate of drug-likeness (QED) is 0.345. The molecule has 0 aliphatic rings. The second-order valence-corrected chi connectivity index (χ2v) is 6.65. The van der Waals surface area contributed by atoms with Gasteiger partial charge in [-0.2, -0.15) is 4.99 Å². The molecule has 3 aromatic rings. The molecule has 0 aliphatic heterocycles. The smallest absolute Gasteiger partial charge is 0.286 e. The van der Waals surface area contributed by atoms with Gasteiger partial charge in [-0.1, -0.05) is 29.5 Å². The largest absolute Gasteiger partial charge is 0.493 e. The van der Waals surface area contributed by atoms with Crippen molar-refractivity contribution in [3.8, 4) is 11.5 Å². The van der Waals surface area contributed by atoms with E-state index in [0.29, 0.717) is 27.5 Å². The van der Waals surface area contributed by atoms with Gasteiger partial charge in [-0.3, -0.25) is 14.9 Å². The highest BCUT2D eigenvalue weighted by Gasteiger charge is 2.13. The Kier molecular flexibility index (Phi) is 5.85. The average Bonchev–Trinajstić information content (AvgIpc) is 3.03. The summed E-state index contributed by atoms with van der Waals surface area (Å²) in [5.74, 6) is 0.482. The molecule has 0 fully saturated rings. The van der Waals surface area contributed by atoms with E-state index in [2.05, 4.69) is 11.6 Å². The topological polar surface area (TPSA) is 96.0 Å². The van der Waals surface area contributed by atoms with Crippen LogP contribution in [-0.4, -0.2) is 29.1 Å². The van der Waals surface area contributed by atoms with Crippen LogP contribution in [0.3, 0.4) is 0 Å². The van der Waals surface area contributed by atoms with E-state index in [9.17, 15) is 14.9 Å². The van der Waals surface area contributed by atoms with Crippen molar-refractivity contribution in [2.45, 2.75) is 6.54 Å². The lowest BCUT2D eigenvalue weighted by Gasteiger charge is -2.08. The number of fused-ring (bicyclic) bond motifs is 1. The van der Waals surface area contributed by atoms with Crippen molar-refractivity contribution in [1.82, 2.24) is 4.57 Å². The molecule has 1 aromatic heterocycles. The first kappa shape index (κ1) is 19.3. The van der Waals surface area contributed by atoms with Gasteiger partial charge >= 0.3 is 0 Å². The number of aromatic nitrogens is 1. The lowest BCUT2D eigenvalue weighted by molar-refractivity contribution is -0.384. The fourth-order valence-corrected chi connectivity index (χ4v) is 3.67. The summed E-state index contributed by atoms with van der Waals surface area (Å²) in [5, 5.41) is 11.0. The number of methoxy groups -OCH3 is 1. The Morgan fingerprint density at radius 2 is 2.07 bits per heavy atom. The second kappa shape index (κ2) is 8.49. The minimum absolute atomic E-state index is 0.0168. The Balaban J connectivity index is 1.91. The fraction of sp³-hybridized carbons (Fsp3) is 0.158. The number of thiazole rings is 1. The zero-order chi connectivity index (χ0) is 20.1. The Morgan fingerprint density at radius 1 is 1.32 bits per heavy atom. The number of nitrogens with zero attached hydrogens (tertiary/aromatic N) is 3. The first-order chi connectivity index (χ1) is 13.5. The number of non-ortho nitro benzene ring substituents is 1. The molecule has 0 radical (unpaired) electrons. The van der Waals surface area contributed by atoms with Crippen LogP contribution in [0.5, 0.6) is 11.5 Å². The van der Waals surface area contributed by atoms with Gasteiger partial charge in [0.2, 0.25) is 0 Å². The number of allylic oxidation sites excluding steroid dienone is 1. The fourth-order valence-electron chi connectivity index (χ4n) is 2.58. The Labute approximate surface area is 164 Å². The number of carbonyl (C=O) groups is 1. The minimum Gasteiger partial charge on any atom is -0.493 e. The molecule has 0 N–H and O–H groups in total. The zero-order valence-electron chi connectivity index (χ0n) is 15.0. The van der Waals surface area contributed by atoms with E-state index in [1.54, 1.807) is 41.0 Å². The Morgan fingerprint density at radius 3 is 2.75 bits per heavy atom. The number of nitro benzene ring substituents is 1. The molecule has 28 heavy (non-hydrogen) atoms. The van der Waals surface area contributed by atoms with Crippen molar-refractivity contribution < 1.29 is 19.2 Å². The first-order valence-electron chi connectivity index (χ1n) is 8.25. The molecule has 144 valence electrons. The predicted octanol–water partition coefficient (Wildman–Crippen LogP) is 3.31. The molecule has 0 aliphatic carbocycles. The number of nitro groups is 1. The van der Waals surface area contributed by atoms with Crippen LogP contribution in [0.2, 0.25) is 0 Å². The lowest BCUT2D eigenvalue weighted by atomic mass is 10.3. The molecule has 0 bridgehead atoms. The van der Waals surface area contributed by atoms with Crippen LogP contribution < -0.4 is 14.3 Å². The van der Waals surface area contributed by atoms with Crippen molar-refractivity contribution in [3.63, 3.8) is 0 Å². The molecule has 9 heteroatoms. The van der Waals surface area contributed by atoms with Crippen LogP contribution in [0, 0.1) is 10.1 Å². The van der Waals surface area contributed by atoms with Crippen LogP contribution in [0.25, 0.3) is 10.2 Å². The number of amides is 1. The van der Waals surface area contributed by atoms with Crippen molar-refractivity contribution in [1.29, 1.82) is 0 Å². The number of benzene rings is 2. The number of carbonyl (C=O) groups excluding carboxylic acids is 1. The van der Waals surface area contributed by atoms with Crippen molar-refractivity contribution in [2.75, 3.05) is 13.7 Å². The van der Waals surface area contributed by atoms with Gasteiger partial charge in [0.05, 0.1) is 22.2 Å². The van der Waals surface area contributed by atoms with Gasteiger partial charge in [-0.25, -0.2) is 0 Å². The van der Waals surface area contributed by atoms with E-state index in [-0.39, 0.29) is 12.3 Å². The summed E-state index contributed by atoms with van der Waals surface area (Å²) in [6, 6.07) is 11.5. The van der Waals surface area contributed by atoms with Crippen molar-refractivity contribution in [3.05, 3.63) is 70.0 Å². The molecule has 0 atom stereocenters. The first-order valence-corrected chi connectivity index (χ1v) is 9.07. The normalized spacial score (nSPS) is 11.4. The standard InChI is InChI=1S/C19H17N3O5S/c1-3-10-21-14-9-8-13(22(24)25)11-17(14)28-19(21)20-18(23)12-27-16-7-5-4-6-15(16)26-2/h3-9,11H,1,10,12H2,2H3. The molecule has 0 saturated carbocycles. The van der Waals surface area contributed by atoms with Gasteiger partial charge in [0, 0.05) is 18.7 Å². The number of ether oxygens (including phenoxy) is 2. The predicted molar refractivity (Wildman–Crippen MR) is 106 cm³/mol. The second-order valence-electron chi connectivity index (χ2n) is 5.64. The van der Waals surface area contributed by atoms with Crippen LogP contribution in [-0.2, 0) is 11.3 Å². The Bertz CT molecular complexity index is 1120. The maximum absolute atomic E-state index is 12.3. The van der Waals surface area contributed by atoms with Gasteiger partial charge in [-0.15, -0.1) is 6.58 Å². The van der Waals surface area contributed by atoms with Gasteiger partial charge < -0.3 is 14.0 Å². The highest BCUT2D eigenvalue weighted by atomic mass is 32.1. The number of hydrogen-bond acceptors (Lipinski definition) is 6. The van der Waals surface area contributed by atoms with E-state index in [0.717, 1.165) is 5.52 Å². The molecular weight excluding hydrogens is 382 g/mol. The lowest BCUT2D eigenvalue weighted by Crippen LogP contribution is -2.19. The van der Waals surface area contributed by atoms with E-state index >= 15 is 0 Å². The van der Waals surface area contributed by atoms with Crippen LogP contribution in [0.15, 0.2) is 60.1 Å². The van der Waals surface area contributed by atoms with Gasteiger partial charge in [-0.05, 0) is 18.2 Å². The monoisotopic (exact) mass is 399 g/mol. The summed E-state index contributed by atoms with van der Waals surface area (Å²) < 4.78 is 13.1. The number of hydrogen-bond donors (Lipinski definition) is 0. The van der Waals surface area contributed by atoms with Crippen LogP contribution in [0.1, 0.15) is 0 Å². The summed E-state index contributed by atoms with van der Waals surface area (Å²) >= 11 is 1.20. The molecule has 0 spiro atoms. The molecule has 1 amide bonds. The maximum Gasteiger partial charge on any atom is 0.286 e. The van der Waals surface area contributed by atoms with Crippen LogP contribution in [0.4, 0.5) is 5.69 Å². The summed E-state index contributed by atoms with van der Waals surface area (Å²) in [7, 11) is 1.52. The van der Waals surface area contributed by atoms with Gasteiger partial charge in [0.15, 0.2) is 22.9 Å². The SMILES string of the molecule is C=CCn1c(=NC(=O)COc2ccccc2OC)sc2cc([N+](=O)[O-])ccc21. The molecule has 3 rings (SSSR count). The third kappa shape index (κ3) is 4.09. The van der Waals surface area contributed by atoms with Crippen LogP contribution >= 0.6 is 11.3 Å². The van der Waals surface area contributed by atoms with E-state index < -0.39 is 10.8 Å². The molecule has 1 heterocycles. The maximum atomic E-state index is 12.3. The van der Waals surface area contributed by atoms with Crippen molar-refractivity contribution >= 4 is 33.1 Å². The number of rotatable bonds is 7. The van der Waals surface area contributed by atoms with E-state index in [1.807, 2.05) is 0 Å². The van der Waals surface area contributed by atoms with E-state index in [1.165, 1.54) is 30.6 Å². The summed E-state index contributed by atoms with van der Waals surface area (Å²) in [4.78, 5) is 27.4. The molecule has 8 nitrogen and oxygen atoms in total. The average molecular weight is 399 g/mol. The molecule has 2 aromatic carbocycles. The highest BCUT2D eigenvalue weighted by Crippen LogP contribution is 2.26. The molecule has 0 unspecified atom stereocenters. The third-order valence-electron chi connectivity index (χ3n) is 3.83. The molecule has 0 saturated heterocycles. The number of para-hydroxylation sites is 2. The minimum atomic E-state index is -0.482. The Hall–Kier alpha value is -3.46. The summed E-state index contributed by atoms with van der Waals surface area (Å²) in [6.07, 6.45) is 1.67. The van der Waals surface area contributed by atoms with E-state index in [4.69, 9.17) is 9.47 Å². The molecular formula is C19H17N3O5S. The summed E-state index contributed by atoms with van der Waals surface area (Å²) in [5.41, 5.74) is 0.726. The third-order valence-corrected chi connectivity index (χ3v) is 4.87. The van der Waals surface area contributed by atoms with Gasteiger partial charge in [0.25, 0.3) is 11.6 Å². The summed E-state index contributed by atoms with van der Waals surface area (Å²) in [6.45, 7) is 3.87. The zero-order valence-corrected chi connectivity index (χ0v) is 15.8.